The second kappa shape index (κ2) is 8.17. The summed E-state index contributed by atoms with van der Waals surface area (Å²) in [5, 5.41) is 5.82. The van der Waals surface area contributed by atoms with Gasteiger partial charge in [-0.2, -0.15) is 5.10 Å². The highest BCUT2D eigenvalue weighted by Crippen LogP contribution is 2.25. The molecule has 0 radical (unpaired) electrons. The normalized spacial score (nSPS) is 10.2. The second-order valence-electron chi connectivity index (χ2n) is 4.28. The zero-order chi connectivity index (χ0) is 14.5. The van der Waals surface area contributed by atoms with Crippen LogP contribution in [0.3, 0.4) is 0 Å². The first-order valence-electron chi connectivity index (χ1n) is 5.91. The maximum Gasteiger partial charge on any atom is 0.281 e. The van der Waals surface area contributed by atoms with Crippen molar-refractivity contribution in [2.75, 3.05) is 19.0 Å². The molecular formula is C14H15BrClN3OS. The topological polar surface area (TPSA) is 44.7 Å². The fourth-order valence-corrected chi connectivity index (χ4v) is 2.96. The van der Waals surface area contributed by atoms with Crippen molar-refractivity contribution in [3.63, 3.8) is 0 Å². The largest absolute Gasteiger partial charge is 0.377 e. The molecule has 4 nitrogen and oxygen atoms in total. The molecule has 0 fully saturated rings. The number of rotatable bonds is 4. The quantitative estimate of drug-likeness (QED) is 0.640. The van der Waals surface area contributed by atoms with Gasteiger partial charge in [0, 0.05) is 18.6 Å². The lowest BCUT2D eigenvalue weighted by Gasteiger charge is -2.14. The van der Waals surface area contributed by atoms with E-state index in [1.807, 2.05) is 48.6 Å². The van der Waals surface area contributed by atoms with Crippen LogP contribution in [0.15, 0.2) is 45.3 Å². The van der Waals surface area contributed by atoms with Gasteiger partial charge in [-0.1, -0.05) is 12.1 Å². The van der Waals surface area contributed by atoms with E-state index in [1.54, 1.807) is 12.3 Å². The molecule has 1 N–H and O–H groups in total. The van der Waals surface area contributed by atoms with Crippen molar-refractivity contribution in [2.24, 2.45) is 5.10 Å². The lowest BCUT2D eigenvalue weighted by molar-refractivity contribution is 0.0959. The SMILES string of the molecule is CN(C)c1ccc(C=NNC(=O)c2cccs2)cc1Br.Cl. The molecule has 2 aromatic rings. The molecule has 0 atom stereocenters. The molecule has 0 aliphatic heterocycles. The van der Waals surface area contributed by atoms with Crippen LogP contribution in [0.1, 0.15) is 15.2 Å². The van der Waals surface area contributed by atoms with Crippen LogP contribution in [0.4, 0.5) is 5.69 Å². The van der Waals surface area contributed by atoms with Crippen LogP contribution in [-0.2, 0) is 0 Å². The number of thiophene rings is 1. The summed E-state index contributed by atoms with van der Waals surface area (Å²) < 4.78 is 0.982. The summed E-state index contributed by atoms with van der Waals surface area (Å²) in [6.45, 7) is 0. The van der Waals surface area contributed by atoms with Crippen LogP contribution in [0.25, 0.3) is 0 Å². The molecule has 21 heavy (non-hydrogen) atoms. The van der Waals surface area contributed by atoms with E-state index in [1.165, 1.54) is 11.3 Å². The number of halogens is 2. The van der Waals surface area contributed by atoms with Crippen LogP contribution < -0.4 is 10.3 Å². The minimum atomic E-state index is -0.194. The number of carbonyl (C=O) groups is 1. The van der Waals surface area contributed by atoms with Gasteiger partial charge in [-0.3, -0.25) is 4.79 Å². The van der Waals surface area contributed by atoms with E-state index in [0.29, 0.717) is 4.88 Å². The average molecular weight is 389 g/mol. The summed E-state index contributed by atoms with van der Waals surface area (Å²) in [5.74, 6) is -0.194. The van der Waals surface area contributed by atoms with Crippen LogP contribution in [0.2, 0.25) is 0 Å². The molecule has 1 heterocycles. The molecule has 0 aliphatic carbocycles. The van der Waals surface area contributed by atoms with Gasteiger partial charge in [0.25, 0.3) is 5.91 Å². The fourth-order valence-electron chi connectivity index (χ4n) is 1.59. The Bertz CT molecular complexity index is 629. The summed E-state index contributed by atoms with van der Waals surface area (Å²) in [6, 6.07) is 9.49. The number of hydrogen-bond donors (Lipinski definition) is 1. The van der Waals surface area contributed by atoms with E-state index in [0.717, 1.165) is 15.7 Å². The van der Waals surface area contributed by atoms with Gasteiger partial charge < -0.3 is 4.90 Å². The molecule has 0 spiro atoms. The highest BCUT2D eigenvalue weighted by Gasteiger charge is 2.04. The minimum Gasteiger partial charge on any atom is -0.377 e. The van der Waals surface area contributed by atoms with E-state index in [-0.39, 0.29) is 18.3 Å². The van der Waals surface area contributed by atoms with Gasteiger partial charge in [-0.05, 0) is 45.1 Å². The standard InChI is InChI=1S/C14H14BrN3OS.ClH/c1-18(2)12-6-5-10(8-11(12)15)9-16-17-14(19)13-4-3-7-20-13;/h3-9H,1-2H3,(H,17,19);1H. The summed E-state index contributed by atoms with van der Waals surface area (Å²) in [5.41, 5.74) is 4.50. The smallest absolute Gasteiger partial charge is 0.281 e. The van der Waals surface area contributed by atoms with E-state index in [4.69, 9.17) is 0 Å². The highest BCUT2D eigenvalue weighted by molar-refractivity contribution is 9.10. The zero-order valence-corrected chi connectivity index (χ0v) is 14.8. The Balaban J connectivity index is 0.00000220. The van der Waals surface area contributed by atoms with Crippen molar-refractivity contribution in [2.45, 2.75) is 0 Å². The average Bonchev–Trinajstić information content (AvgIpc) is 2.92. The zero-order valence-electron chi connectivity index (χ0n) is 11.5. The van der Waals surface area contributed by atoms with Crippen molar-refractivity contribution in [3.05, 3.63) is 50.6 Å². The van der Waals surface area contributed by atoms with Gasteiger partial charge in [0.15, 0.2) is 0 Å². The molecule has 1 aromatic carbocycles. The van der Waals surface area contributed by atoms with Crippen LogP contribution in [-0.4, -0.2) is 26.2 Å². The first-order valence-corrected chi connectivity index (χ1v) is 7.59. The van der Waals surface area contributed by atoms with Gasteiger partial charge in [0.1, 0.15) is 0 Å². The molecule has 0 saturated carbocycles. The third-order valence-electron chi connectivity index (χ3n) is 2.58. The van der Waals surface area contributed by atoms with Crippen LogP contribution in [0.5, 0.6) is 0 Å². The predicted octanol–water partition coefficient (Wildman–Crippen LogP) is 3.76. The Morgan fingerprint density at radius 2 is 2.14 bits per heavy atom. The Morgan fingerprint density at radius 3 is 2.71 bits per heavy atom. The van der Waals surface area contributed by atoms with Gasteiger partial charge >= 0.3 is 0 Å². The number of carbonyl (C=O) groups excluding carboxylic acids is 1. The molecular weight excluding hydrogens is 374 g/mol. The van der Waals surface area contributed by atoms with Gasteiger partial charge in [-0.25, -0.2) is 5.43 Å². The number of hydrogen-bond acceptors (Lipinski definition) is 4. The van der Waals surface area contributed by atoms with Crippen LogP contribution in [0, 0.1) is 0 Å². The molecule has 0 aliphatic rings. The van der Waals surface area contributed by atoms with Gasteiger partial charge in [-0.15, -0.1) is 23.7 Å². The Morgan fingerprint density at radius 1 is 1.38 bits per heavy atom. The predicted molar refractivity (Wildman–Crippen MR) is 95.1 cm³/mol. The van der Waals surface area contributed by atoms with Gasteiger partial charge in [0.2, 0.25) is 0 Å². The Labute approximate surface area is 142 Å². The van der Waals surface area contributed by atoms with E-state index in [2.05, 4.69) is 26.5 Å². The first-order chi connectivity index (χ1) is 9.58. The molecule has 0 bridgehead atoms. The minimum absolute atomic E-state index is 0. The number of nitrogens with zero attached hydrogens (tertiary/aromatic N) is 2. The van der Waals surface area contributed by atoms with Crippen LogP contribution >= 0.6 is 39.7 Å². The summed E-state index contributed by atoms with van der Waals surface area (Å²) in [7, 11) is 3.96. The molecule has 0 saturated heterocycles. The first kappa shape index (κ1) is 17.7. The number of amides is 1. The van der Waals surface area contributed by atoms with Crippen molar-refractivity contribution < 1.29 is 4.79 Å². The second-order valence-corrected chi connectivity index (χ2v) is 6.08. The Kier molecular flexibility index (Phi) is 6.87. The van der Waals surface area contributed by atoms with Crippen molar-refractivity contribution in [1.82, 2.24) is 5.43 Å². The molecule has 1 amide bonds. The Hall–Kier alpha value is -1.37. The van der Waals surface area contributed by atoms with Gasteiger partial charge in [0.05, 0.1) is 16.8 Å². The highest BCUT2D eigenvalue weighted by atomic mass is 79.9. The fraction of sp³-hybridized carbons (Fsp3) is 0.143. The molecule has 112 valence electrons. The number of anilines is 1. The lowest BCUT2D eigenvalue weighted by Crippen LogP contribution is -2.16. The van der Waals surface area contributed by atoms with Crippen molar-refractivity contribution >= 4 is 57.5 Å². The monoisotopic (exact) mass is 387 g/mol. The molecule has 1 aromatic heterocycles. The van der Waals surface area contributed by atoms with Crippen molar-refractivity contribution in [1.29, 1.82) is 0 Å². The third kappa shape index (κ3) is 4.84. The number of nitrogens with one attached hydrogen (secondary N) is 1. The van der Waals surface area contributed by atoms with E-state index in [9.17, 15) is 4.79 Å². The molecule has 7 heteroatoms. The summed E-state index contributed by atoms with van der Waals surface area (Å²) in [4.78, 5) is 14.3. The lowest BCUT2D eigenvalue weighted by atomic mass is 10.2. The third-order valence-corrected chi connectivity index (χ3v) is 4.08. The summed E-state index contributed by atoms with van der Waals surface area (Å²) >= 11 is 4.90. The summed E-state index contributed by atoms with van der Waals surface area (Å²) in [6.07, 6.45) is 1.62. The van der Waals surface area contributed by atoms with E-state index >= 15 is 0 Å². The van der Waals surface area contributed by atoms with Crippen molar-refractivity contribution in [3.8, 4) is 0 Å². The molecule has 2 rings (SSSR count). The maximum absolute atomic E-state index is 11.7. The number of hydrazone groups is 1. The number of benzene rings is 1. The molecule has 0 unspecified atom stereocenters. The van der Waals surface area contributed by atoms with E-state index < -0.39 is 0 Å². The maximum atomic E-state index is 11.7.